The largest absolute Gasteiger partial charge is 0.466 e. The van der Waals surface area contributed by atoms with Crippen molar-refractivity contribution in [3.63, 3.8) is 0 Å². The average Bonchev–Trinajstić information content (AvgIpc) is 3.24. The van der Waals surface area contributed by atoms with E-state index in [0.717, 1.165) is 77.0 Å². The first-order valence-corrected chi connectivity index (χ1v) is 26.1. The van der Waals surface area contributed by atoms with Gasteiger partial charge in [-0.1, -0.05) is 224 Å². The molecule has 2 atom stereocenters. The van der Waals surface area contributed by atoms with Crippen molar-refractivity contribution < 1.29 is 24.5 Å². The van der Waals surface area contributed by atoms with Gasteiger partial charge in [-0.15, -0.1) is 0 Å². The van der Waals surface area contributed by atoms with Crippen molar-refractivity contribution in [1.82, 2.24) is 5.32 Å². The molecule has 0 heterocycles. The van der Waals surface area contributed by atoms with Crippen molar-refractivity contribution in [2.75, 3.05) is 13.2 Å². The number of aliphatic hydroxyl groups excluding tert-OH is 2. The molecule has 0 rings (SSSR count). The molecule has 0 aliphatic carbocycles. The number of hydrogen-bond acceptors (Lipinski definition) is 5. The van der Waals surface area contributed by atoms with Gasteiger partial charge in [0.05, 0.1) is 25.4 Å². The van der Waals surface area contributed by atoms with Crippen LogP contribution >= 0.6 is 0 Å². The summed E-state index contributed by atoms with van der Waals surface area (Å²) in [6.45, 7) is 4.83. The Kier molecular flexibility index (Phi) is 47.6. The number of aliphatic hydroxyl groups is 2. The number of esters is 1. The Labute approximate surface area is 367 Å². The minimum atomic E-state index is -0.858. The van der Waals surface area contributed by atoms with Crippen LogP contribution in [-0.2, 0) is 14.3 Å². The highest BCUT2D eigenvalue weighted by Crippen LogP contribution is 2.16. The van der Waals surface area contributed by atoms with Crippen LogP contribution in [0.4, 0.5) is 0 Å². The highest BCUT2D eigenvalue weighted by Gasteiger charge is 2.18. The summed E-state index contributed by atoms with van der Waals surface area (Å²) in [5.41, 5.74) is 0. The third-order valence-corrected chi connectivity index (χ3v) is 12.0. The molecule has 2 unspecified atom stereocenters. The van der Waals surface area contributed by atoms with Crippen LogP contribution in [0.1, 0.15) is 277 Å². The summed E-state index contributed by atoms with van der Waals surface area (Å²) in [5.74, 6) is -0.115. The van der Waals surface area contributed by atoms with Crippen molar-refractivity contribution in [2.24, 2.45) is 0 Å². The molecule has 0 spiro atoms. The Bertz CT molecular complexity index is 920. The number of carbonyl (C=O) groups excluding carboxylic acids is 2. The van der Waals surface area contributed by atoms with E-state index in [-0.39, 0.29) is 18.5 Å². The zero-order valence-electron chi connectivity index (χ0n) is 39.5. The Morgan fingerprint density at radius 1 is 0.458 bits per heavy atom. The molecule has 1 amide bonds. The summed E-state index contributed by atoms with van der Waals surface area (Å²) in [6.07, 6.45) is 57.6. The first kappa shape index (κ1) is 57.3. The topological polar surface area (TPSA) is 95.9 Å². The lowest BCUT2D eigenvalue weighted by Gasteiger charge is -2.20. The normalized spacial score (nSPS) is 12.8. The lowest BCUT2D eigenvalue weighted by Crippen LogP contribution is -2.45. The maximum atomic E-state index is 12.4. The van der Waals surface area contributed by atoms with Gasteiger partial charge in [0.15, 0.2) is 0 Å². The molecule has 0 aliphatic rings. The molecule has 0 aromatic carbocycles. The third-order valence-electron chi connectivity index (χ3n) is 12.0. The molecule has 0 aromatic rings. The van der Waals surface area contributed by atoms with Crippen molar-refractivity contribution in [2.45, 2.75) is 289 Å². The van der Waals surface area contributed by atoms with Crippen LogP contribution < -0.4 is 5.32 Å². The molecule has 0 fully saturated rings. The van der Waals surface area contributed by atoms with Crippen molar-refractivity contribution in [3.8, 4) is 0 Å². The molecule has 6 nitrogen and oxygen atoms in total. The first-order valence-electron chi connectivity index (χ1n) is 26.1. The number of ether oxygens (including phenoxy) is 1. The highest BCUT2D eigenvalue weighted by atomic mass is 16.5. The average molecular weight is 832 g/mol. The van der Waals surface area contributed by atoms with E-state index in [1.54, 1.807) is 6.08 Å². The van der Waals surface area contributed by atoms with Gasteiger partial charge in [-0.2, -0.15) is 0 Å². The highest BCUT2D eigenvalue weighted by molar-refractivity contribution is 5.76. The van der Waals surface area contributed by atoms with Crippen LogP contribution in [-0.4, -0.2) is 47.4 Å². The zero-order valence-corrected chi connectivity index (χ0v) is 39.5. The van der Waals surface area contributed by atoms with Crippen LogP contribution in [0.15, 0.2) is 24.3 Å². The zero-order chi connectivity index (χ0) is 43.0. The monoisotopic (exact) mass is 832 g/mol. The molecular formula is C53H101NO5. The molecule has 0 aromatic heterocycles. The maximum Gasteiger partial charge on any atom is 0.305 e. The van der Waals surface area contributed by atoms with E-state index in [1.807, 2.05) is 6.08 Å². The summed E-state index contributed by atoms with van der Waals surface area (Å²) >= 11 is 0. The van der Waals surface area contributed by atoms with Crippen molar-refractivity contribution >= 4 is 11.9 Å². The van der Waals surface area contributed by atoms with E-state index in [0.29, 0.717) is 19.4 Å². The Morgan fingerprint density at radius 3 is 1.20 bits per heavy atom. The molecule has 0 saturated carbocycles. The molecule has 0 saturated heterocycles. The van der Waals surface area contributed by atoms with Gasteiger partial charge in [0, 0.05) is 12.8 Å². The fraction of sp³-hybridized carbons (Fsp3) is 0.887. The van der Waals surface area contributed by atoms with Gasteiger partial charge in [-0.05, 0) is 64.2 Å². The fourth-order valence-corrected chi connectivity index (χ4v) is 7.92. The first-order chi connectivity index (χ1) is 29.0. The maximum absolute atomic E-state index is 12.4. The molecule has 59 heavy (non-hydrogen) atoms. The van der Waals surface area contributed by atoms with Gasteiger partial charge >= 0.3 is 5.97 Å². The van der Waals surface area contributed by atoms with Crippen LogP contribution in [0.5, 0.6) is 0 Å². The molecule has 0 radical (unpaired) electrons. The molecule has 0 aliphatic heterocycles. The molecule has 6 heteroatoms. The van der Waals surface area contributed by atoms with E-state index in [2.05, 4.69) is 31.3 Å². The fourth-order valence-electron chi connectivity index (χ4n) is 7.92. The van der Waals surface area contributed by atoms with Gasteiger partial charge in [-0.25, -0.2) is 0 Å². The summed E-state index contributed by atoms with van der Waals surface area (Å²) in [5, 5.41) is 22.9. The Morgan fingerprint density at radius 2 is 0.797 bits per heavy atom. The van der Waals surface area contributed by atoms with Gasteiger partial charge in [0.25, 0.3) is 0 Å². The summed E-state index contributed by atoms with van der Waals surface area (Å²) in [7, 11) is 0. The number of unbranched alkanes of at least 4 members (excludes halogenated alkanes) is 35. The van der Waals surface area contributed by atoms with Crippen LogP contribution in [0, 0.1) is 0 Å². The van der Waals surface area contributed by atoms with E-state index in [1.165, 1.54) is 173 Å². The van der Waals surface area contributed by atoms with Gasteiger partial charge in [-0.3, -0.25) is 9.59 Å². The number of nitrogens with one attached hydrogen (secondary N) is 1. The van der Waals surface area contributed by atoms with E-state index >= 15 is 0 Å². The number of allylic oxidation sites excluding steroid dienone is 3. The van der Waals surface area contributed by atoms with Crippen LogP contribution in [0.25, 0.3) is 0 Å². The van der Waals surface area contributed by atoms with Gasteiger partial charge in [0.2, 0.25) is 5.91 Å². The quantitative estimate of drug-likeness (QED) is 0.0322. The number of rotatable bonds is 48. The molecule has 348 valence electrons. The second kappa shape index (κ2) is 49.0. The predicted octanol–water partition coefficient (Wildman–Crippen LogP) is 15.5. The second-order valence-electron chi connectivity index (χ2n) is 17.9. The van der Waals surface area contributed by atoms with Crippen LogP contribution in [0.3, 0.4) is 0 Å². The molecule has 0 bridgehead atoms. The lowest BCUT2D eigenvalue weighted by molar-refractivity contribution is -0.143. The minimum absolute atomic E-state index is 0.0202. The third kappa shape index (κ3) is 45.7. The SMILES string of the molecule is CCCCCCCCCCC/C=C/C(O)C(CO)NC(=O)CCCCCCC/C=C\CCCCCOC(=O)CCCCCCCCCCCCCCCCCCCCC. The van der Waals surface area contributed by atoms with Crippen molar-refractivity contribution in [1.29, 1.82) is 0 Å². The lowest BCUT2D eigenvalue weighted by atomic mass is 10.0. The second-order valence-corrected chi connectivity index (χ2v) is 17.9. The predicted molar refractivity (Wildman–Crippen MR) is 255 cm³/mol. The molecular weight excluding hydrogens is 731 g/mol. The molecule has 3 N–H and O–H groups in total. The Hall–Kier alpha value is -1.66. The minimum Gasteiger partial charge on any atom is -0.466 e. The summed E-state index contributed by atoms with van der Waals surface area (Å²) in [4.78, 5) is 24.4. The van der Waals surface area contributed by atoms with E-state index in [4.69, 9.17) is 4.74 Å². The number of hydrogen-bond donors (Lipinski definition) is 3. The smallest absolute Gasteiger partial charge is 0.305 e. The number of carbonyl (C=O) groups is 2. The van der Waals surface area contributed by atoms with Crippen molar-refractivity contribution in [3.05, 3.63) is 24.3 Å². The number of amides is 1. The van der Waals surface area contributed by atoms with E-state index in [9.17, 15) is 19.8 Å². The van der Waals surface area contributed by atoms with Crippen LogP contribution in [0.2, 0.25) is 0 Å². The van der Waals surface area contributed by atoms with Gasteiger partial charge in [0.1, 0.15) is 0 Å². The van der Waals surface area contributed by atoms with Gasteiger partial charge < -0.3 is 20.3 Å². The Balaban J connectivity index is 3.48. The summed E-state index contributed by atoms with van der Waals surface area (Å²) in [6, 6.07) is -0.644. The van der Waals surface area contributed by atoms with E-state index < -0.39 is 12.1 Å². The summed E-state index contributed by atoms with van der Waals surface area (Å²) < 4.78 is 5.46. The standard InChI is InChI=1S/C53H101NO5/c1-3-5-7-9-11-13-15-16-17-18-19-20-21-22-27-31-35-39-43-47-53(58)59-48-44-40-36-32-28-24-23-26-30-34-38-42-46-52(57)54-50(49-55)51(56)45-41-37-33-29-25-14-12-10-8-6-4-2/h24,28,41,45,50-51,55-56H,3-23,25-27,29-40,42-44,46-49H2,1-2H3,(H,54,57)/b28-24-,45-41+.